The number of nitrogens with zero attached hydrogens (tertiary/aromatic N) is 3. The Bertz CT molecular complexity index is 847. The topological polar surface area (TPSA) is 88.3 Å². The number of nitrogens with one attached hydrogen (secondary N) is 1. The van der Waals surface area contributed by atoms with E-state index in [2.05, 4.69) is 15.5 Å². The van der Waals surface area contributed by atoms with E-state index in [0.29, 0.717) is 5.82 Å². The van der Waals surface area contributed by atoms with Crippen LogP contribution in [0.15, 0.2) is 22.7 Å². The van der Waals surface area contributed by atoms with Crippen molar-refractivity contribution in [1.29, 1.82) is 0 Å². The second kappa shape index (κ2) is 6.10. The van der Waals surface area contributed by atoms with E-state index in [4.69, 9.17) is 4.52 Å². The van der Waals surface area contributed by atoms with Gasteiger partial charge in [0.2, 0.25) is 11.7 Å². The van der Waals surface area contributed by atoms with Gasteiger partial charge in [0.1, 0.15) is 0 Å². The summed E-state index contributed by atoms with van der Waals surface area (Å²) in [6.45, 7) is 1.80. The molecule has 2 aromatic rings. The van der Waals surface area contributed by atoms with Gasteiger partial charge in [0, 0.05) is 31.4 Å². The summed E-state index contributed by atoms with van der Waals surface area (Å²) >= 11 is 0. The first-order valence-corrected chi connectivity index (χ1v) is 8.72. The Hall–Kier alpha value is -2.07. The summed E-state index contributed by atoms with van der Waals surface area (Å²) in [6.07, 6.45) is 0. The molecule has 3 rings (SSSR count). The molecule has 1 saturated heterocycles. The van der Waals surface area contributed by atoms with Crippen LogP contribution in [-0.4, -0.2) is 48.8 Å². The molecule has 0 aliphatic carbocycles. The Labute approximate surface area is 137 Å². The molecule has 0 saturated carbocycles. The number of sulfonamides is 1. The van der Waals surface area contributed by atoms with Gasteiger partial charge in [-0.05, 0) is 18.6 Å². The quantitative estimate of drug-likeness (QED) is 0.880. The lowest BCUT2D eigenvalue weighted by Crippen LogP contribution is -2.50. The van der Waals surface area contributed by atoms with Gasteiger partial charge in [0.25, 0.3) is 10.0 Å². The average Bonchev–Trinajstić information content (AvgIpc) is 2.95. The van der Waals surface area contributed by atoms with Crippen molar-refractivity contribution in [3.8, 4) is 11.4 Å². The summed E-state index contributed by atoms with van der Waals surface area (Å²) in [6, 6.07) is 5.63. The van der Waals surface area contributed by atoms with Gasteiger partial charge in [-0.15, -0.1) is 0 Å². The standard InChI is InChI=1S/C14H16F2N4O3S/c1-8-3-4-9(5-11(8)17-2)12-18-13(23-19-12)10-6-20(7-10)24(21,22)14(15)16/h3-5,10,14,17H,6-7H2,1-2H3. The molecule has 7 nitrogen and oxygen atoms in total. The molecule has 1 aromatic carbocycles. The summed E-state index contributed by atoms with van der Waals surface area (Å²) < 4.78 is 53.4. The van der Waals surface area contributed by atoms with Crippen molar-refractivity contribution in [3.63, 3.8) is 0 Å². The van der Waals surface area contributed by atoms with Crippen molar-refractivity contribution < 1.29 is 21.7 Å². The maximum absolute atomic E-state index is 12.5. The predicted molar refractivity (Wildman–Crippen MR) is 83.3 cm³/mol. The number of aromatic nitrogens is 2. The highest BCUT2D eigenvalue weighted by Crippen LogP contribution is 2.32. The molecule has 130 valence electrons. The maximum atomic E-state index is 12.5. The van der Waals surface area contributed by atoms with Crippen molar-refractivity contribution in [2.24, 2.45) is 0 Å². The highest BCUT2D eigenvalue weighted by atomic mass is 32.2. The smallest absolute Gasteiger partial charge is 0.350 e. The van der Waals surface area contributed by atoms with Crippen LogP contribution in [0.3, 0.4) is 0 Å². The van der Waals surface area contributed by atoms with Gasteiger partial charge < -0.3 is 9.84 Å². The number of anilines is 1. The highest BCUT2D eigenvalue weighted by molar-refractivity contribution is 7.89. The lowest BCUT2D eigenvalue weighted by molar-refractivity contribution is 0.178. The molecule has 0 amide bonds. The second-order valence-corrected chi connectivity index (χ2v) is 7.46. The van der Waals surface area contributed by atoms with E-state index in [9.17, 15) is 17.2 Å². The van der Waals surface area contributed by atoms with E-state index in [1.165, 1.54) is 0 Å². The minimum Gasteiger partial charge on any atom is -0.388 e. The average molecular weight is 358 g/mol. The van der Waals surface area contributed by atoms with Crippen LogP contribution in [0.2, 0.25) is 0 Å². The molecule has 0 spiro atoms. The van der Waals surface area contributed by atoms with Crippen molar-refractivity contribution in [1.82, 2.24) is 14.4 Å². The van der Waals surface area contributed by atoms with E-state index in [1.807, 2.05) is 25.1 Å². The normalized spacial score (nSPS) is 16.4. The fourth-order valence-electron chi connectivity index (χ4n) is 2.46. The number of rotatable bonds is 5. The summed E-state index contributed by atoms with van der Waals surface area (Å²) in [5, 5.41) is 6.95. The Kier molecular flexibility index (Phi) is 4.26. The van der Waals surface area contributed by atoms with E-state index in [0.717, 1.165) is 21.1 Å². The van der Waals surface area contributed by atoms with Gasteiger partial charge in [0.05, 0.1) is 5.92 Å². The molecule has 2 heterocycles. The third-order valence-corrected chi connectivity index (χ3v) is 5.46. The van der Waals surface area contributed by atoms with Gasteiger partial charge in [-0.25, -0.2) is 8.42 Å². The van der Waals surface area contributed by atoms with Crippen LogP contribution in [-0.2, 0) is 10.0 Å². The van der Waals surface area contributed by atoms with Crippen molar-refractivity contribution >= 4 is 15.7 Å². The summed E-state index contributed by atoms with van der Waals surface area (Å²) in [5.74, 6) is -3.16. The van der Waals surface area contributed by atoms with Crippen molar-refractivity contribution in [3.05, 3.63) is 29.7 Å². The van der Waals surface area contributed by atoms with Crippen LogP contribution in [0.1, 0.15) is 17.4 Å². The van der Waals surface area contributed by atoms with Crippen LogP contribution in [0.25, 0.3) is 11.4 Å². The summed E-state index contributed by atoms with van der Waals surface area (Å²) in [5.41, 5.74) is 2.74. The van der Waals surface area contributed by atoms with Gasteiger partial charge >= 0.3 is 5.76 Å². The maximum Gasteiger partial charge on any atom is 0.350 e. The molecule has 1 fully saturated rings. The largest absolute Gasteiger partial charge is 0.388 e. The van der Waals surface area contributed by atoms with Gasteiger partial charge in [-0.3, -0.25) is 0 Å². The van der Waals surface area contributed by atoms with Crippen LogP contribution < -0.4 is 5.32 Å². The Morgan fingerprint density at radius 1 is 1.38 bits per heavy atom. The molecule has 24 heavy (non-hydrogen) atoms. The number of benzene rings is 1. The van der Waals surface area contributed by atoms with E-state index < -0.39 is 15.8 Å². The SMILES string of the molecule is CNc1cc(-c2noc(C3CN(S(=O)(=O)C(F)F)C3)n2)ccc1C. The molecule has 1 aliphatic rings. The molecule has 1 aromatic heterocycles. The molecule has 10 heteroatoms. The van der Waals surface area contributed by atoms with E-state index in [1.54, 1.807) is 7.05 Å². The first-order chi connectivity index (χ1) is 11.3. The lowest BCUT2D eigenvalue weighted by atomic mass is 10.0. The third-order valence-electron chi connectivity index (χ3n) is 3.99. The van der Waals surface area contributed by atoms with Crippen molar-refractivity contribution in [2.75, 3.05) is 25.5 Å². The molecular weight excluding hydrogens is 342 g/mol. The predicted octanol–water partition coefficient (Wildman–Crippen LogP) is 2.04. The highest BCUT2D eigenvalue weighted by Gasteiger charge is 2.43. The number of aryl methyl sites for hydroxylation is 1. The van der Waals surface area contributed by atoms with Crippen LogP contribution in [0, 0.1) is 6.92 Å². The first-order valence-electron chi connectivity index (χ1n) is 7.22. The first kappa shape index (κ1) is 16.8. The van der Waals surface area contributed by atoms with E-state index >= 15 is 0 Å². The van der Waals surface area contributed by atoms with Crippen LogP contribution >= 0.6 is 0 Å². The van der Waals surface area contributed by atoms with Crippen molar-refractivity contribution in [2.45, 2.75) is 18.6 Å². The fraction of sp³-hybridized carbons (Fsp3) is 0.429. The molecule has 0 unspecified atom stereocenters. The Morgan fingerprint density at radius 2 is 2.08 bits per heavy atom. The Balaban J connectivity index is 1.74. The zero-order valence-corrected chi connectivity index (χ0v) is 13.8. The number of hydrogen-bond donors (Lipinski definition) is 1. The minimum absolute atomic E-state index is 0.0794. The Morgan fingerprint density at radius 3 is 2.71 bits per heavy atom. The summed E-state index contributed by atoms with van der Waals surface area (Å²) in [4.78, 5) is 4.25. The third kappa shape index (κ3) is 2.86. The van der Waals surface area contributed by atoms with Crippen LogP contribution in [0.4, 0.5) is 14.5 Å². The lowest BCUT2D eigenvalue weighted by Gasteiger charge is -2.35. The van der Waals surface area contributed by atoms with Gasteiger partial charge in [0.15, 0.2) is 0 Å². The molecule has 0 radical (unpaired) electrons. The summed E-state index contributed by atoms with van der Waals surface area (Å²) in [7, 11) is -2.73. The van der Waals surface area contributed by atoms with Gasteiger partial charge in [-0.2, -0.15) is 18.1 Å². The molecular formula is C14H16F2N4O3S. The van der Waals surface area contributed by atoms with Crippen LogP contribution in [0.5, 0.6) is 0 Å². The number of halogens is 2. The number of alkyl halides is 2. The number of hydrogen-bond acceptors (Lipinski definition) is 6. The second-order valence-electron chi connectivity index (χ2n) is 5.56. The molecule has 1 N–H and O–H groups in total. The molecule has 0 bridgehead atoms. The molecule has 1 aliphatic heterocycles. The zero-order valence-electron chi connectivity index (χ0n) is 13.0. The monoisotopic (exact) mass is 358 g/mol. The zero-order chi connectivity index (χ0) is 17.5. The molecule has 0 atom stereocenters. The minimum atomic E-state index is -4.54. The van der Waals surface area contributed by atoms with Gasteiger partial charge in [-0.1, -0.05) is 17.3 Å². The van der Waals surface area contributed by atoms with E-state index in [-0.39, 0.29) is 24.9 Å². The fourth-order valence-corrected chi connectivity index (χ4v) is 3.46.